The van der Waals surface area contributed by atoms with Crippen molar-refractivity contribution in [3.05, 3.63) is 35.4 Å². The van der Waals surface area contributed by atoms with Crippen molar-refractivity contribution in [1.29, 1.82) is 0 Å². The number of halogens is 3. The Morgan fingerprint density at radius 2 is 1.76 bits per heavy atom. The molecule has 0 unspecified atom stereocenters. The zero-order valence-corrected chi connectivity index (χ0v) is 12.1. The van der Waals surface area contributed by atoms with Crippen LogP contribution in [0.1, 0.15) is 49.7 Å². The van der Waals surface area contributed by atoms with Gasteiger partial charge in [0.1, 0.15) is 0 Å². The van der Waals surface area contributed by atoms with Gasteiger partial charge in [0, 0.05) is 5.54 Å². The monoisotopic (exact) mass is 301 g/mol. The lowest BCUT2D eigenvalue weighted by Crippen LogP contribution is -2.43. The second-order valence-electron chi connectivity index (χ2n) is 5.97. The SMILES string of the molecule is NC1(COCc2cccc(C(F)(F)F)c2)CCCCCC1. The minimum atomic E-state index is -4.31. The van der Waals surface area contributed by atoms with E-state index >= 15 is 0 Å². The first kappa shape index (κ1) is 16.3. The van der Waals surface area contributed by atoms with Gasteiger partial charge in [-0.05, 0) is 30.5 Å². The third kappa shape index (κ3) is 5.00. The maximum atomic E-state index is 12.6. The van der Waals surface area contributed by atoms with Crippen molar-refractivity contribution in [3.63, 3.8) is 0 Å². The fraction of sp³-hybridized carbons (Fsp3) is 0.625. The topological polar surface area (TPSA) is 35.2 Å². The largest absolute Gasteiger partial charge is 0.416 e. The molecule has 1 aliphatic carbocycles. The summed E-state index contributed by atoms with van der Waals surface area (Å²) in [5.74, 6) is 0. The Bertz CT molecular complexity index is 451. The number of rotatable bonds is 4. The summed E-state index contributed by atoms with van der Waals surface area (Å²) in [6.07, 6.45) is 2.14. The standard InChI is InChI=1S/C16H22F3NO/c17-16(18,19)14-7-5-6-13(10-14)11-21-12-15(20)8-3-1-2-4-9-15/h5-7,10H,1-4,8-9,11-12,20H2. The molecule has 2 nitrogen and oxygen atoms in total. The highest BCUT2D eigenvalue weighted by molar-refractivity contribution is 5.25. The third-order valence-electron chi connectivity index (χ3n) is 4.01. The molecule has 118 valence electrons. The van der Waals surface area contributed by atoms with E-state index in [2.05, 4.69) is 0 Å². The molecule has 0 saturated heterocycles. The van der Waals surface area contributed by atoms with Crippen molar-refractivity contribution in [2.24, 2.45) is 5.73 Å². The number of ether oxygens (including phenoxy) is 1. The van der Waals surface area contributed by atoms with Gasteiger partial charge in [0.2, 0.25) is 0 Å². The van der Waals surface area contributed by atoms with Crippen LogP contribution in [-0.2, 0) is 17.5 Å². The molecule has 0 heterocycles. The summed E-state index contributed by atoms with van der Waals surface area (Å²) >= 11 is 0. The molecule has 2 N–H and O–H groups in total. The van der Waals surface area contributed by atoms with E-state index in [-0.39, 0.29) is 12.1 Å². The predicted octanol–water partition coefficient (Wildman–Crippen LogP) is 4.27. The fourth-order valence-corrected chi connectivity index (χ4v) is 2.79. The first-order valence-electron chi connectivity index (χ1n) is 7.42. The Labute approximate surface area is 123 Å². The maximum Gasteiger partial charge on any atom is 0.416 e. The highest BCUT2D eigenvalue weighted by Gasteiger charge is 2.30. The molecule has 0 radical (unpaired) electrons. The third-order valence-corrected chi connectivity index (χ3v) is 4.01. The Morgan fingerprint density at radius 1 is 1.10 bits per heavy atom. The normalized spacial score (nSPS) is 19.2. The molecule has 1 aromatic rings. The van der Waals surface area contributed by atoms with Crippen LogP contribution in [0.5, 0.6) is 0 Å². The van der Waals surface area contributed by atoms with E-state index in [4.69, 9.17) is 10.5 Å². The Kier molecular flexibility index (Phi) is 5.27. The van der Waals surface area contributed by atoms with Crippen molar-refractivity contribution in [1.82, 2.24) is 0 Å². The lowest BCUT2D eigenvalue weighted by molar-refractivity contribution is -0.137. The number of hydrogen-bond acceptors (Lipinski definition) is 2. The smallest absolute Gasteiger partial charge is 0.375 e. The molecule has 0 bridgehead atoms. The van der Waals surface area contributed by atoms with Crippen molar-refractivity contribution < 1.29 is 17.9 Å². The number of alkyl halides is 3. The zero-order valence-electron chi connectivity index (χ0n) is 12.1. The van der Waals surface area contributed by atoms with E-state index in [1.165, 1.54) is 18.9 Å². The van der Waals surface area contributed by atoms with E-state index in [9.17, 15) is 13.2 Å². The van der Waals surface area contributed by atoms with Gasteiger partial charge in [-0.25, -0.2) is 0 Å². The highest BCUT2D eigenvalue weighted by atomic mass is 19.4. The van der Waals surface area contributed by atoms with Crippen molar-refractivity contribution >= 4 is 0 Å². The van der Waals surface area contributed by atoms with Crippen LogP contribution in [0.2, 0.25) is 0 Å². The average molecular weight is 301 g/mol. The molecule has 21 heavy (non-hydrogen) atoms. The minimum Gasteiger partial charge on any atom is -0.375 e. The van der Waals surface area contributed by atoms with Gasteiger partial charge >= 0.3 is 6.18 Å². The van der Waals surface area contributed by atoms with Crippen LogP contribution >= 0.6 is 0 Å². The van der Waals surface area contributed by atoms with Crippen LogP contribution < -0.4 is 5.73 Å². The van der Waals surface area contributed by atoms with Crippen LogP contribution in [0.15, 0.2) is 24.3 Å². The van der Waals surface area contributed by atoms with E-state index in [0.29, 0.717) is 12.2 Å². The minimum absolute atomic E-state index is 0.170. The van der Waals surface area contributed by atoms with E-state index in [0.717, 1.165) is 37.8 Å². The van der Waals surface area contributed by atoms with Gasteiger partial charge in [0.25, 0.3) is 0 Å². The summed E-state index contributed by atoms with van der Waals surface area (Å²) in [6.45, 7) is 0.576. The van der Waals surface area contributed by atoms with Crippen LogP contribution in [-0.4, -0.2) is 12.1 Å². The molecule has 1 saturated carbocycles. The van der Waals surface area contributed by atoms with Crippen LogP contribution in [0.3, 0.4) is 0 Å². The lowest BCUT2D eigenvalue weighted by Gasteiger charge is -2.27. The van der Waals surface area contributed by atoms with Gasteiger partial charge < -0.3 is 10.5 Å². The molecule has 0 aliphatic heterocycles. The summed E-state index contributed by atoms with van der Waals surface area (Å²) < 4.78 is 43.5. The first-order chi connectivity index (χ1) is 9.89. The molecule has 5 heteroatoms. The second-order valence-corrected chi connectivity index (χ2v) is 5.97. The quantitative estimate of drug-likeness (QED) is 0.843. The zero-order chi connectivity index (χ0) is 15.3. The van der Waals surface area contributed by atoms with Gasteiger partial charge in [-0.2, -0.15) is 13.2 Å². The van der Waals surface area contributed by atoms with Gasteiger partial charge in [-0.15, -0.1) is 0 Å². The molecule has 0 atom stereocenters. The lowest BCUT2D eigenvalue weighted by atomic mass is 9.92. The second kappa shape index (κ2) is 6.79. The van der Waals surface area contributed by atoms with Gasteiger partial charge in [-0.1, -0.05) is 37.8 Å². The van der Waals surface area contributed by atoms with Crippen LogP contribution in [0, 0.1) is 0 Å². The molecule has 2 rings (SSSR count). The van der Waals surface area contributed by atoms with E-state index in [1.54, 1.807) is 6.07 Å². The number of hydrogen-bond donors (Lipinski definition) is 1. The molecule has 0 amide bonds. The Balaban J connectivity index is 1.88. The molecule has 1 fully saturated rings. The van der Waals surface area contributed by atoms with E-state index < -0.39 is 11.7 Å². The molecular weight excluding hydrogens is 279 g/mol. The van der Waals surface area contributed by atoms with Gasteiger partial charge in [-0.3, -0.25) is 0 Å². The van der Waals surface area contributed by atoms with Gasteiger partial charge in [0.05, 0.1) is 18.8 Å². The van der Waals surface area contributed by atoms with Gasteiger partial charge in [0.15, 0.2) is 0 Å². The molecule has 0 spiro atoms. The van der Waals surface area contributed by atoms with Crippen molar-refractivity contribution in [2.75, 3.05) is 6.61 Å². The predicted molar refractivity (Wildman–Crippen MR) is 75.7 cm³/mol. The molecule has 1 aliphatic rings. The van der Waals surface area contributed by atoms with Crippen molar-refractivity contribution in [3.8, 4) is 0 Å². The van der Waals surface area contributed by atoms with Crippen molar-refractivity contribution in [2.45, 2.75) is 56.8 Å². The van der Waals surface area contributed by atoms with E-state index in [1.807, 2.05) is 0 Å². The average Bonchev–Trinajstić information content (AvgIpc) is 2.63. The summed E-state index contributed by atoms with van der Waals surface area (Å²) in [5, 5.41) is 0. The number of benzene rings is 1. The fourth-order valence-electron chi connectivity index (χ4n) is 2.79. The Morgan fingerprint density at radius 3 is 2.38 bits per heavy atom. The summed E-state index contributed by atoms with van der Waals surface area (Å²) in [6, 6.07) is 5.26. The summed E-state index contributed by atoms with van der Waals surface area (Å²) in [7, 11) is 0. The number of nitrogens with two attached hydrogens (primary N) is 1. The van der Waals surface area contributed by atoms with Crippen LogP contribution in [0.25, 0.3) is 0 Å². The summed E-state index contributed by atoms with van der Waals surface area (Å²) in [5.41, 5.74) is 5.89. The summed E-state index contributed by atoms with van der Waals surface area (Å²) in [4.78, 5) is 0. The maximum absolute atomic E-state index is 12.6. The first-order valence-corrected chi connectivity index (χ1v) is 7.42. The Hall–Kier alpha value is -1.07. The van der Waals surface area contributed by atoms with Crippen LogP contribution in [0.4, 0.5) is 13.2 Å². The molecule has 1 aromatic carbocycles. The molecular formula is C16H22F3NO. The molecule has 0 aromatic heterocycles. The highest BCUT2D eigenvalue weighted by Crippen LogP contribution is 2.30.